The zero-order valence-electron chi connectivity index (χ0n) is 6.25. The molecule has 1 fully saturated rings. The molecule has 0 unspecified atom stereocenters. The molecule has 3 heteroatoms. The largest absolute Gasteiger partial charge is 0.301 e. The summed E-state index contributed by atoms with van der Waals surface area (Å²) in [6.07, 6.45) is 3.93. The number of hydrogen-bond acceptors (Lipinski definition) is 3. The summed E-state index contributed by atoms with van der Waals surface area (Å²) in [6, 6.07) is 0. The minimum atomic E-state index is 0.458. The lowest BCUT2D eigenvalue weighted by atomic mass is 10.1. The molecule has 1 rings (SSSR count). The van der Waals surface area contributed by atoms with Crippen LogP contribution in [0, 0.1) is 4.91 Å². The molecule has 0 atom stereocenters. The van der Waals surface area contributed by atoms with Crippen LogP contribution in [0.2, 0.25) is 0 Å². The van der Waals surface area contributed by atoms with Crippen molar-refractivity contribution < 1.29 is 0 Å². The van der Waals surface area contributed by atoms with E-state index in [1.165, 1.54) is 19.3 Å². The minimum absolute atomic E-state index is 0.458. The van der Waals surface area contributed by atoms with Crippen LogP contribution in [-0.2, 0) is 0 Å². The van der Waals surface area contributed by atoms with E-state index in [9.17, 15) is 4.91 Å². The molecule has 3 nitrogen and oxygen atoms in total. The molecular weight excluding hydrogens is 128 g/mol. The molecule has 1 saturated heterocycles. The summed E-state index contributed by atoms with van der Waals surface area (Å²) in [7, 11) is 0. The van der Waals surface area contributed by atoms with Crippen LogP contribution in [0.5, 0.6) is 0 Å². The summed E-state index contributed by atoms with van der Waals surface area (Å²) >= 11 is 0. The van der Waals surface area contributed by atoms with Gasteiger partial charge in [-0.25, -0.2) is 0 Å². The van der Waals surface area contributed by atoms with E-state index in [1.54, 1.807) is 0 Å². The van der Waals surface area contributed by atoms with Gasteiger partial charge in [-0.1, -0.05) is 11.6 Å². The summed E-state index contributed by atoms with van der Waals surface area (Å²) in [5.74, 6) is 0. The number of piperidine rings is 1. The second-order valence-electron chi connectivity index (χ2n) is 2.76. The second kappa shape index (κ2) is 4.39. The third-order valence-corrected chi connectivity index (χ3v) is 1.96. The predicted molar refractivity (Wildman–Crippen MR) is 41.0 cm³/mol. The van der Waals surface area contributed by atoms with E-state index in [2.05, 4.69) is 10.1 Å². The molecule has 0 spiro atoms. The summed E-state index contributed by atoms with van der Waals surface area (Å²) < 4.78 is 0. The van der Waals surface area contributed by atoms with Crippen LogP contribution in [0.3, 0.4) is 0 Å². The Morgan fingerprint density at radius 3 is 2.50 bits per heavy atom. The number of nitrogens with zero attached hydrogens (tertiary/aromatic N) is 2. The Hall–Kier alpha value is -0.440. The van der Waals surface area contributed by atoms with Crippen LogP contribution in [0.4, 0.5) is 0 Å². The van der Waals surface area contributed by atoms with Gasteiger partial charge in [-0.2, -0.15) is 4.91 Å². The molecule has 58 valence electrons. The molecular formula is C7H14N2O. The zero-order valence-corrected chi connectivity index (χ0v) is 6.25. The highest BCUT2D eigenvalue weighted by Crippen LogP contribution is 2.07. The Balaban J connectivity index is 2.07. The van der Waals surface area contributed by atoms with E-state index in [4.69, 9.17) is 0 Å². The fraction of sp³-hybridized carbons (Fsp3) is 1.00. The minimum Gasteiger partial charge on any atom is -0.301 e. The first kappa shape index (κ1) is 7.66. The van der Waals surface area contributed by atoms with E-state index in [0.29, 0.717) is 6.54 Å². The van der Waals surface area contributed by atoms with Gasteiger partial charge in [-0.3, -0.25) is 0 Å². The van der Waals surface area contributed by atoms with Gasteiger partial charge in [0.05, 0.1) is 6.54 Å². The maximum Gasteiger partial charge on any atom is 0.0938 e. The Labute approximate surface area is 61.4 Å². The molecule has 0 aromatic rings. The first-order valence-electron chi connectivity index (χ1n) is 3.95. The fourth-order valence-corrected chi connectivity index (χ4v) is 1.37. The van der Waals surface area contributed by atoms with Crippen LogP contribution >= 0.6 is 0 Å². The van der Waals surface area contributed by atoms with Crippen molar-refractivity contribution >= 4 is 0 Å². The van der Waals surface area contributed by atoms with E-state index >= 15 is 0 Å². The topological polar surface area (TPSA) is 32.7 Å². The number of rotatable bonds is 3. The second-order valence-corrected chi connectivity index (χ2v) is 2.76. The van der Waals surface area contributed by atoms with Gasteiger partial charge in [0.2, 0.25) is 0 Å². The first-order valence-corrected chi connectivity index (χ1v) is 3.95. The maximum absolute atomic E-state index is 9.77. The predicted octanol–water partition coefficient (Wildman–Crippen LogP) is 1.24. The van der Waals surface area contributed by atoms with E-state index < -0.39 is 0 Å². The van der Waals surface area contributed by atoms with Crippen molar-refractivity contribution in [3.63, 3.8) is 0 Å². The molecule has 0 aromatic heterocycles. The molecule has 0 bridgehead atoms. The molecule has 0 radical (unpaired) electrons. The van der Waals surface area contributed by atoms with Crippen molar-refractivity contribution in [1.82, 2.24) is 4.90 Å². The van der Waals surface area contributed by atoms with Crippen LogP contribution in [0.25, 0.3) is 0 Å². The van der Waals surface area contributed by atoms with Crippen LogP contribution in [0.1, 0.15) is 19.3 Å². The van der Waals surface area contributed by atoms with Crippen molar-refractivity contribution in [2.75, 3.05) is 26.2 Å². The highest BCUT2D eigenvalue weighted by atomic mass is 16.3. The van der Waals surface area contributed by atoms with Crippen molar-refractivity contribution in [2.45, 2.75) is 19.3 Å². The van der Waals surface area contributed by atoms with Gasteiger partial charge in [0.15, 0.2) is 0 Å². The van der Waals surface area contributed by atoms with Gasteiger partial charge in [-0.05, 0) is 25.9 Å². The zero-order chi connectivity index (χ0) is 7.23. The maximum atomic E-state index is 9.77. The average molecular weight is 142 g/mol. The molecule has 1 aliphatic heterocycles. The Kier molecular flexibility index (Phi) is 3.36. The van der Waals surface area contributed by atoms with Gasteiger partial charge in [0.1, 0.15) is 0 Å². The van der Waals surface area contributed by atoms with Gasteiger partial charge < -0.3 is 4.90 Å². The molecule has 1 heterocycles. The van der Waals surface area contributed by atoms with Crippen LogP contribution in [0.15, 0.2) is 5.18 Å². The van der Waals surface area contributed by atoms with Gasteiger partial charge in [-0.15, -0.1) is 0 Å². The third kappa shape index (κ3) is 2.43. The monoisotopic (exact) mass is 142 g/mol. The smallest absolute Gasteiger partial charge is 0.0938 e. The highest BCUT2D eigenvalue weighted by Gasteiger charge is 2.08. The molecule has 0 aliphatic carbocycles. The van der Waals surface area contributed by atoms with E-state index in [1.807, 2.05) is 0 Å². The van der Waals surface area contributed by atoms with Crippen molar-refractivity contribution in [3.05, 3.63) is 4.91 Å². The molecule has 0 amide bonds. The highest BCUT2D eigenvalue weighted by molar-refractivity contribution is 4.64. The number of hydrogen-bond donors (Lipinski definition) is 0. The summed E-state index contributed by atoms with van der Waals surface area (Å²) in [6.45, 7) is 3.65. The van der Waals surface area contributed by atoms with Crippen molar-refractivity contribution in [3.8, 4) is 0 Å². The molecule has 0 aromatic carbocycles. The lowest BCUT2D eigenvalue weighted by Gasteiger charge is -2.24. The molecule has 10 heavy (non-hydrogen) atoms. The van der Waals surface area contributed by atoms with Crippen molar-refractivity contribution in [2.24, 2.45) is 5.18 Å². The third-order valence-electron chi connectivity index (χ3n) is 1.96. The summed E-state index contributed by atoms with van der Waals surface area (Å²) in [5, 5.41) is 2.84. The lowest BCUT2D eigenvalue weighted by molar-refractivity contribution is 0.235. The fourth-order valence-electron chi connectivity index (χ4n) is 1.37. The quantitative estimate of drug-likeness (QED) is 0.555. The summed E-state index contributed by atoms with van der Waals surface area (Å²) in [4.78, 5) is 12.1. The Bertz CT molecular complexity index is 99.8. The van der Waals surface area contributed by atoms with Gasteiger partial charge >= 0.3 is 0 Å². The van der Waals surface area contributed by atoms with Crippen LogP contribution in [-0.4, -0.2) is 31.1 Å². The van der Waals surface area contributed by atoms with E-state index in [-0.39, 0.29) is 0 Å². The van der Waals surface area contributed by atoms with Crippen LogP contribution < -0.4 is 0 Å². The molecule has 0 saturated carbocycles. The number of nitroso groups, excluding NO2 is 1. The average Bonchev–Trinajstić information content (AvgIpc) is 2.03. The molecule has 0 N–H and O–H groups in total. The molecule has 1 aliphatic rings. The Morgan fingerprint density at radius 1 is 1.20 bits per heavy atom. The van der Waals surface area contributed by atoms with E-state index in [0.717, 1.165) is 19.6 Å². The summed E-state index contributed by atoms with van der Waals surface area (Å²) in [5.41, 5.74) is 0. The number of likely N-dealkylation sites (tertiary alicyclic amines) is 1. The standard InChI is InChI=1S/C7H14N2O/c10-8-4-7-9-5-2-1-3-6-9/h1-7H2. The SMILES string of the molecule is O=NCCN1CCCCC1. The van der Waals surface area contributed by atoms with Crippen molar-refractivity contribution in [1.29, 1.82) is 0 Å². The Morgan fingerprint density at radius 2 is 1.90 bits per heavy atom. The van der Waals surface area contributed by atoms with Gasteiger partial charge in [0.25, 0.3) is 0 Å². The first-order chi connectivity index (χ1) is 4.93. The lowest BCUT2D eigenvalue weighted by Crippen LogP contribution is -2.31. The normalized spacial score (nSPS) is 20.8. The van der Waals surface area contributed by atoms with Gasteiger partial charge in [0, 0.05) is 6.54 Å².